The van der Waals surface area contributed by atoms with Gasteiger partial charge in [0.25, 0.3) is 11.8 Å². The number of amides is 2. The second-order valence-electron chi connectivity index (χ2n) is 4.69. The molecular weight excluding hydrogens is 354 g/mol. The monoisotopic (exact) mass is 367 g/mol. The van der Waals surface area contributed by atoms with E-state index in [0.717, 1.165) is 4.90 Å². The van der Waals surface area contributed by atoms with Gasteiger partial charge in [-0.05, 0) is 19.1 Å². The SMILES string of the molecule is CCOC(=O)C[C@H](Br)C(=O)CN1C(=O)c2ccccc2C1=O. The lowest BCUT2D eigenvalue weighted by molar-refractivity contribution is -0.144. The van der Waals surface area contributed by atoms with Crippen LogP contribution < -0.4 is 0 Å². The molecule has 1 aromatic rings. The van der Waals surface area contributed by atoms with Gasteiger partial charge in [0, 0.05) is 0 Å². The lowest BCUT2D eigenvalue weighted by Crippen LogP contribution is -2.38. The molecule has 0 saturated heterocycles. The van der Waals surface area contributed by atoms with Gasteiger partial charge in [-0.1, -0.05) is 28.1 Å². The lowest BCUT2D eigenvalue weighted by Gasteiger charge is -2.15. The van der Waals surface area contributed by atoms with Crippen molar-refractivity contribution in [3.8, 4) is 0 Å². The number of benzene rings is 1. The summed E-state index contributed by atoms with van der Waals surface area (Å²) in [7, 11) is 0. The molecule has 1 heterocycles. The Morgan fingerprint density at radius 1 is 1.18 bits per heavy atom. The molecule has 0 N–H and O–H groups in total. The molecule has 22 heavy (non-hydrogen) atoms. The fraction of sp³-hybridized carbons (Fsp3) is 0.333. The number of esters is 1. The van der Waals surface area contributed by atoms with E-state index in [2.05, 4.69) is 15.9 Å². The van der Waals surface area contributed by atoms with Gasteiger partial charge in [-0.2, -0.15) is 0 Å². The summed E-state index contributed by atoms with van der Waals surface area (Å²) in [6, 6.07) is 6.40. The molecule has 0 saturated carbocycles. The molecule has 2 rings (SSSR count). The number of Topliss-reactive ketones (excluding diaryl/α,β-unsaturated/α-hetero) is 1. The topological polar surface area (TPSA) is 80.8 Å². The number of hydrogen-bond acceptors (Lipinski definition) is 5. The van der Waals surface area contributed by atoms with Crippen LogP contribution >= 0.6 is 15.9 Å². The van der Waals surface area contributed by atoms with Crippen molar-refractivity contribution in [2.45, 2.75) is 18.2 Å². The largest absolute Gasteiger partial charge is 0.466 e. The first-order valence-electron chi connectivity index (χ1n) is 6.73. The minimum Gasteiger partial charge on any atom is -0.466 e. The van der Waals surface area contributed by atoms with E-state index in [1.807, 2.05) is 0 Å². The van der Waals surface area contributed by atoms with Gasteiger partial charge in [0.1, 0.15) is 0 Å². The fourth-order valence-corrected chi connectivity index (χ4v) is 2.53. The summed E-state index contributed by atoms with van der Waals surface area (Å²) in [5.41, 5.74) is 0.577. The number of imide groups is 1. The van der Waals surface area contributed by atoms with Gasteiger partial charge in [-0.15, -0.1) is 0 Å². The van der Waals surface area contributed by atoms with Crippen LogP contribution in [0.15, 0.2) is 24.3 Å². The van der Waals surface area contributed by atoms with Crippen molar-refractivity contribution in [3.05, 3.63) is 35.4 Å². The molecule has 1 aromatic carbocycles. The molecule has 1 aliphatic heterocycles. The highest BCUT2D eigenvalue weighted by Gasteiger charge is 2.37. The van der Waals surface area contributed by atoms with E-state index in [9.17, 15) is 19.2 Å². The summed E-state index contributed by atoms with van der Waals surface area (Å²) >= 11 is 3.10. The zero-order valence-corrected chi connectivity index (χ0v) is 13.5. The Labute approximate surface area is 135 Å². The Morgan fingerprint density at radius 3 is 2.23 bits per heavy atom. The summed E-state index contributed by atoms with van der Waals surface area (Å²) in [6.45, 7) is 1.52. The van der Waals surface area contributed by atoms with Crippen LogP contribution in [0.25, 0.3) is 0 Å². The predicted octanol–water partition coefficient (Wildman–Crippen LogP) is 1.57. The number of carbonyl (C=O) groups is 4. The van der Waals surface area contributed by atoms with Crippen molar-refractivity contribution in [2.75, 3.05) is 13.2 Å². The maximum Gasteiger partial charge on any atom is 0.307 e. The van der Waals surface area contributed by atoms with Gasteiger partial charge in [-0.25, -0.2) is 0 Å². The van der Waals surface area contributed by atoms with Gasteiger partial charge in [0.05, 0.1) is 35.5 Å². The van der Waals surface area contributed by atoms with E-state index in [1.54, 1.807) is 31.2 Å². The highest BCUT2D eigenvalue weighted by Crippen LogP contribution is 2.23. The van der Waals surface area contributed by atoms with E-state index in [-0.39, 0.29) is 30.7 Å². The number of ketones is 1. The molecule has 1 aliphatic rings. The summed E-state index contributed by atoms with van der Waals surface area (Å²) < 4.78 is 4.76. The number of ether oxygens (including phenoxy) is 1. The second-order valence-corrected chi connectivity index (χ2v) is 5.79. The van der Waals surface area contributed by atoms with E-state index >= 15 is 0 Å². The van der Waals surface area contributed by atoms with Crippen molar-refractivity contribution in [3.63, 3.8) is 0 Å². The van der Waals surface area contributed by atoms with Crippen LogP contribution in [0.4, 0.5) is 0 Å². The smallest absolute Gasteiger partial charge is 0.307 e. The molecule has 0 radical (unpaired) electrons. The Kier molecular flexibility index (Phi) is 5.07. The van der Waals surface area contributed by atoms with Crippen LogP contribution in [0.3, 0.4) is 0 Å². The average molecular weight is 368 g/mol. The third-order valence-corrected chi connectivity index (χ3v) is 4.03. The highest BCUT2D eigenvalue weighted by molar-refractivity contribution is 9.10. The molecule has 0 fully saturated rings. The molecule has 0 spiro atoms. The number of nitrogens with zero attached hydrogens (tertiary/aromatic N) is 1. The summed E-state index contributed by atoms with van der Waals surface area (Å²) in [4.78, 5) is 47.8. The van der Waals surface area contributed by atoms with Crippen molar-refractivity contribution in [1.29, 1.82) is 0 Å². The van der Waals surface area contributed by atoms with E-state index in [4.69, 9.17) is 4.74 Å². The fourth-order valence-electron chi connectivity index (χ4n) is 2.12. The minimum atomic E-state index is -0.795. The molecular formula is C15H14BrNO5. The van der Waals surface area contributed by atoms with Crippen molar-refractivity contribution in [2.24, 2.45) is 0 Å². The molecule has 0 aliphatic carbocycles. The highest BCUT2D eigenvalue weighted by atomic mass is 79.9. The van der Waals surface area contributed by atoms with E-state index in [1.165, 1.54) is 0 Å². The minimum absolute atomic E-state index is 0.143. The Bertz CT molecular complexity index is 608. The molecule has 2 amide bonds. The molecule has 116 valence electrons. The number of alkyl halides is 1. The Balaban J connectivity index is 2.03. The first-order valence-corrected chi connectivity index (χ1v) is 7.65. The molecule has 0 bridgehead atoms. The van der Waals surface area contributed by atoms with Gasteiger partial charge in [0.2, 0.25) is 0 Å². The molecule has 0 aromatic heterocycles. The van der Waals surface area contributed by atoms with Crippen LogP contribution in [0.2, 0.25) is 0 Å². The van der Waals surface area contributed by atoms with Crippen LogP contribution in [-0.4, -0.2) is 46.4 Å². The normalized spacial score (nSPS) is 14.7. The second kappa shape index (κ2) is 6.83. The lowest BCUT2D eigenvalue weighted by atomic mass is 10.1. The Hall–Kier alpha value is -2.02. The average Bonchev–Trinajstić information content (AvgIpc) is 2.73. The van der Waals surface area contributed by atoms with E-state index < -0.39 is 28.4 Å². The van der Waals surface area contributed by atoms with Gasteiger partial charge in [0.15, 0.2) is 5.78 Å². The first-order chi connectivity index (χ1) is 10.5. The molecule has 6 nitrogen and oxygen atoms in total. The van der Waals surface area contributed by atoms with Crippen LogP contribution in [0, 0.1) is 0 Å². The van der Waals surface area contributed by atoms with Crippen molar-refractivity contribution >= 4 is 39.5 Å². The zero-order chi connectivity index (χ0) is 16.3. The number of hydrogen-bond donors (Lipinski definition) is 0. The summed E-state index contributed by atoms with van der Waals surface area (Å²) in [5, 5.41) is 0. The first kappa shape index (κ1) is 16.4. The standard InChI is InChI=1S/C15H14BrNO5/c1-2-22-13(19)7-11(16)12(18)8-17-14(20)9-5-3-4-6-10(9)15(17)21/h3-6,11H,2,7-8H2,1H3/t11-/m0/s1. The zero-order valence-electron chi connectivity index (χ0n) is 11.9. The number of carbonyl (C=O) groups excluding carboxylic acids is 4. The summed E-state index contributed by atoms with van der Waals surface area (Å²) in [6.07, 6.45) is -0.143. The number of rotatable bonds is 6. The maximum atomic E-state index is 12.1. The van der Waals surface area contributed by atoms with Crippen LogP contribution in [0.1, 0.15) is 34.1 Å². The molecule has 7 heteroatoms. The maximum absolute atomic E-state index is 12.1. The molecule has 1 atom stereocenters. The third-order valence-electron chi connectivity index (χ3n) is 3.19. The van der Waals surface area contributed by atoms with Crippen molar-refractivity contribution in [1.82, 2.24) is 4.90 Å². The predicted molar refractivity (Wildman–Crippen MR) is 80.8 cm³/mol. The molecule has 0 unspecified atom stereocenters. The van der Waals surface area contributed by atoms with E-state index in [0.29, 0.717) is 0 Å². The van der Waals surface area contributed by atoms with Gasteiger partial charge < -0.3 is 4.74 Å². The van der Waals surface area contributed by atoms with Gasteiger partial charge >= 0.3 is 5.97 Å². The Morgan fingerprint density at radius 2 is 1.73 bits per heavy atom. The van der Waals surface area contributed by atoms with Crippen LogP contribution in [-0.2, 0) is 14.3 Å². The van der Waals surface area contributed by atoms with Crippen LogP contribution in [0.5, 0.6) is 0 Å². The van der Waals surface area contributed by atoms with Crippen molar-refractivity contribution < 1.29 is 23.9 Å². The van der Waals surface area contributed by atoms with Gasteiger partial charge in [-0.3, -0.25) is 24.1 Å². The third kappa shape index (κ3) is 3.24. The quantitative estimate of drug-likeness (QED) is 0.433. The number of halogens is 1. The summed E-state index contributed by atoms with van der Waals surface area (Å²) in [5.74, 6) is -1.93. The number of fused-ring (bicyclic) bond motifs is 1.